The summed E-state index contributed by atoms with van der Waals surface area (Å²) < 4.78 is 0. The average molecular weight is 237 g/mol. The second-order valence-corrected chi connectivity index (χ2v) is 3.87. The first-order chi connectivity index (χ1) is 7.95. The van der Waals surface area contributed by atoms with E-state index in [0.29, 0.717) is 12.1 Å². The monoisotopic (exact) mass is 237 g/mol. The van der Waals surface area contributed by atoms with Crippen molar-refractivity contribution < 1.29 is 9.72 Å². The minimum Gasteiger partial charge on any atom is -0.348 e. The van der Waals surface area contributed by atoms with Crippen molar-refractivity contribution >= 4 is 11.6 Å². The van der Waals surface area contributed by atoms with Crippen LogP contribution >= 0.6 is 0 Å². The van der Waals surface area contributed by atoms with Crippen LogP contribution in [0.1, 0.15) is 22.8 Å². The minimum atomic E-state index is -0.502. The summed E-state index contributed by atoms with van der Waals surface area (Å²) in [4.78, 5) is 21.9. The number of aryl methyl sites for hydroxylation is 1. The van der Waals surface area contributed by atoms with Gasteiger partial charge in [0.25, 0.3) is 11.6 Å². The summed E-state index contributed by atoms with van der Waals surface area (Å²) in [5.41, 5.74) is 6.11. The van der Waals surface area contributed by atoms with E-state index < -0.39 is 4.92 Å². The molecule has 0 aliphatic rings. The molecule has 1 aromatic carbocycles. The largest absolute Gasteiger partial charge is 0.348 e. The first-order valence-corrected chi connectivity index (χ1v) is 5.21. The molecular weight excluding hydrogens is 222 g/mol. The molecule has 1 atom stereocenters. The normalized spacial score (nSPS) is 11.9. The molecule has 0 saturated carbocycles. The van der Waals surface area contributed by atoms with Crippen LogP contribution in [0.25, 0.3) is 0 Å². The standard InChI is InChI=1S/C11H15N3O3/c1-7-3-4-9(5-10(7)14(16)17)11(15)13-8(2)6-12/h3-5,8H,6,12H2,1-2H3,(H,13,15)/t8-/m0/s1. The Morgan fingerprint density at radius 2 is 2.24 bits per heavy atom. The molecule has 92 valence electrons. The zero-order valence-electron chi connectivity index (χ0n) is 9.77. The number of nitrogens with one attached hydrogen (secondary N) is 1. The number of carbonyl (C=O) groups excluding carboxylic acids is 1. The van der Waals surface area contributed by atoms with E-state index in [1.807, 2.05) is 0 Å². The Bertz CT molecular complexity index is 446. The highest BCUT2D eigenvalue weighted by Crippen LogP contribution is 2.19. The van der Waals surface area contributed by atoms with Gasteiger partial charge in [-0.3, -0.25) is 14.9 Å². The van der Waals surface area contributed by atoms with Gasteiger partial charge in [0.1, 0.15) is 0 Å². The number of nitro groups is 1. The molecule has 0 fully saturated rings. The third-order valence-electron chi connectivity index (χ3n) is 2.40. The lowest BCUT2D eigenvalue weighted by atomic mass is 10.1. The lowest BCUT2D eigenvalue weighted by molar-refractivity contribution is -0.385. The number of hydrogen-bond donors (Lipinski definition) is 2. The lowest BCUT2D eigenvalue weighted by Crippen LogP contribution is -2.37. The fourth-order valence-corrected chi connectivity index (χ4v) is 1.31. The molecule has 0 bridgehead atoms. The summed E-state index contributed by atoms with van der Waals surface area (Å²) in [7, 11) is 0. The fourth-order valence-electron chi connectivity index (χ4n) is 1.31. The lowest BCUT2D eigenvalue weighted by Gasteiger charge is -2.11. The maximum absolute atomic E-state index is 11.7. The van der Waals surface area contributed by atoms with Crippen LogP contribution in [0, 0.1) is 17.0 Å². The van der Waals surface area contributed by atoms with E-state index in [1.54, 1.807) is 26.0 Å². The van der Waals surface area contributed by atoms with Crippen LogP contribution in [0.15, 0.2) is 18.2 Å². The highest BCUT2D eigenvalue weighted by molar-refractivity contribution is 5.95. The molecule has 0 aliphatic carbocycles. The summed E-state index contributed by atoms with van der Waals surface area (Å²) in [6.07, 6.45) is 0. The van der Waals surface area contributed by atoms with Gasteiger partial charge in [-0.1, -0.05) is 6.07 Å². The van der Waals surface area contributed by atoms with Crippen molar-refractivity contribution in [1.29, 1.82) is 0 Å². The molecule has 0 unspecified atom stereocenters. The summed E-state index contributed by atoms with van der Waals surface area (Å²) >= 11 is 0. The predicted molar refractivity (Wildman–Crippen MR) is 63.8 cm³/mol. The van der Waals surface area contributed by atoms with Crippen molar-refractivity contribution in [3.05, 3.63) is 39.4 Å². The molecule has 0 radical (unpaired) electrons. The fraction of sp³-hybridized carbons (Fsp3) is 0.364. The Labute approximate surface area is 99.0 Å². The number of benzene rings is 1. The van der Waals surface area contributed by atoms with Crippen molar-refractivity contribution in [2.45, 2.75) is 19.9 Å². The van der Waals surface area contributed by atoms with Gasteiger partial charge in [0.15, 0.2) is 0 Å². The number of nitro benzene ring substituents is 1. The van der Waals surface area contributed by atoms with E-state index in [4.69, 9.17) is 5.73 Å². The number of carbonyl (C=O) groups is 1. The number of rotatable bonds is 4. The minimum absolute atomic E-state index is 0.0574. The van der Waals surface area contributed by atoms with Gasteiger partial charge in [-0.15, -0.1) is 0 Å². The third-order valence-corrected chi connectivity index (χ3v) is 2.40. The van der Waals surface area contributed by atoms with Crippen LogP contribution in [-0.4, -0.2) is 23.4 Å². The molecule has 17 heavy (non-hydrogen) atoms. The van der Waals surface area contributed by atoms with E-state index >= 15 is 0 Å². The second-order valence-electron chi connectivity index (χ2n) is 3.87. The highest BCUT2D eigenvalue weighted by atomic mass is 16.6. The molecular formula is C11H15N3O3. The number of nitrogens with zero attached hydrogens (tertiary/aromatic N) is 1. The summed E-state index contributed by atoms with van der Waals surface area (Å²) in [5.74, 6) is -0.356. The van der Waals surface area contributed by atoms with Crippen LogP contribution in [-0.2, 0) is 0 Å². The molecule has 3 N–H and O–H groups in total. The van der Waals surface area contributed by atoms with Gasteiger partial charge in [-0.25, -0.2) is 0 Å². The number of hydrogen-bond acceptors (Lipinski definition) is 4. The number of amides is 1. The smallest absolute Gasteiger partial charge is 0.273 e. The summed E-state index contributed by atoms with van der Waals surface area (Å²) in [6, 6.07) is 4.22. The molecule has 0 aromatic heterocycles. The predicted octanol–water partition coefficient (Wildman–Crippen LogP) is 0.980. The SMILES string of the molecule is Cc1ccc(C(=O)N[C@@H](C)CN)cc1[N+](=O)[O-]. The molecule has 6 heteroatoms. The Morgan fingerprint density at radius 3 is 2.76 bits per heavy atom. The van der Waals surface area contributed by atoms with Crippen LogP contribution in [0.3, 0.4) is 0 Å². The van der Waals surface area contributed by atoms with Gasteiger partial charge < -0.3 is 11.1 Å². The van der Waals surface area contributed by atoms with Crippen LogP contribution in [0.4, 0.5) is 5.69 Å². The maximum Gasteiger partial charge on any atom is 0.273 e. The molecule has 1 aromatic rings. The van der Waals surface area contributed by atoms with Gasteiger partial charge >= 0.3 is 0 Å². The van der Waals surface area contributed by atoms with E-state index in [0.717, 1.165) is 0 Å². The third kappa shape index (κ3) is 3.25. The Balaban J connectivity index is 2.96. The average Bonchev–Trinajstić information content (AvgIpc) is 2.28. The van der Waals surface area contributed by atoms with Gasteiger partial charge in [0, 0.05) is 29.8 Å². The van der Waals surface area contributed by atoms with Crippen molar-refractivity contribution in [1.82, 2.24) is 5.32 Å². The molecule has 1 amide bonds. The molecule has 0 heterocycles. The van der Waals surface area contributed by atoms with Crippen molar-refractivity contribution in [2.75, 3.05) is 6.54 Å². The molecule has 0 spiro atoms. The van der Waals surface area contributed by atoms with Gasteiger partial charge in [-0.2, -0.15) is 0 Å². The Morgan fingerprint density at radius 1 is 1.59 bits per heavy atom. The van der Waals surface area contributed by atoms with E-state index in [9.17, 15) is 14.9 Å². The molecule has 1 rings (SSSR count). The van der Waals surface area contributed by atoms with E-state index in [2.05, 4.69) is 5.32 Å². The van der Waals surface area contributed by atoms with Crippen LogP contribution in [0.2, 0.25) is 0 Å². The summed E-state index contributed by atoms with van der Waals surface area (Å²) in [6.45, 7) is 3.71. The topological polar surface area (TPSA) is 98.3 Å². The Kier molecular flexibility index (Phi) is 4.17. The van der Waals surface area contributed by atoms with Crippen LogP contribution < -0.4 is 11.1 Å². The maximum atomic E-state index is 11.7. The quantitative estimate of drug-likeness (QED) is 0.602. The first-order valence-electron chi connectivity index (χ1n) is 5.21. The molecule has 0 saturated heterocycles. The number of nitrogens with two attached hydrogens (primary N) is 1. The van der Waals surface area contributed by atoms with E-state index in [-0.39, 0.29) is 23.2 Å². The first kappa shape index (κ1) is 13.1. The van der Waals surface area contributed by atoms with Crippen LogP contribution in [0.5, 0.6) is 0 Å². The van der Waals surface area contributed by atoms with Gasteiger partial charge in [-0.05, 0) is 19.9 Å². The van der Waals surface area contributed by atoms with Crippen molar-refractivity contribution in [3.8, 4) is 0 Å². The molecule has 0 aliphatic heterocycles. The summed E-state index contributed by atoms with van der Waals surface area (Å²) in [5, 5.41) is 13.4. The highest BCUT2D eigenvalue weighted by Gasteiger charge is 2.15. The second kappa shape index (κ2) is 5.40. The van der Waals surface area contributed by atoms with Gasteiger partial charge in [0.2, 0.25) is 0 Å². The van der Waals surface area contributed by atoms with Crippen molar-refractivity contribution in [3.63, 3.8) is 0 Å². The zero-order chi connectivity index (χ0) is 13.0. The Hall–Kier alpha value is -1.95. The van der Waals surface area contributed by atoms with E-state index in [1.165, 1.54) is 6.07 Å². The zero-order valence-corrected chi connectivity index (χ0v) is 9.77. The van der Waals surface area contributed by atoms with Gasteiger partial charge in [0.05, 0.1) is 4.92 Å². The van der Waals surface area contributed by atoms with Crippen molar-refractivity contribution in [2.24, 2.45) is 5.73 Å². The molecule has 6 nitrogen and oxygen atoms in total.